The second kappa shape index (κ2) is 5.98. The van der Waals surface area contributed by atoms with Crippen LogP contribution in [0.3, 0.4) is 0 Å². The highest BCUT2D eigenvalue weighted by Crippen LogP contribution is 2.22. The molecule has 0 heterocycles. The third-order valence-electron chi connectivity index (χ3n) is 2.13. The molecule has 4 heteroatoms. The van der Waals surface area contributed by atoms with Crippen LogP contribution in [0.25, 0.3) is 0 Å². The van der Waals surface area contributed by atoms with Gasteiger partial charge in [-0.1, -0.05) is 24.3 Å². The minimum Gasteiger partial charge on any atom is -0.492 e. The zero-order valence-electron chi connectivity index (χ0n) is 10.4. The molecule has 1 atom stereocenters. The number of ether oxygens (including phenoxy) is 2. The molecule has 1 unspecified atom stereocenters. The summed E-state index contributed by atoms with van der Waals surface area (Å²) in [6.07, 6.45) is 0. The molecule has 1 aromatic carbocycles. The summed E-state index contributed by atoms with van der Waals surface area (Å²) in [6.45, 7) is 9.41. The third-order valence-corrected chi connectivity index (χ3v) is 2.51. The van der Waals surface area contributed by atoms with Crippen LogP contribution in [0.2, 0.25) is 0 Å². The molecule has 0 spiro atoms. The van der Waals surface area contributed by atoms with Crippen molar-refractivity contribution in [3.8, 4) is 5.75 Å². The van der Waals surface area contributed by atoms with Crippen LogP contribution >= 0.6 is 12.9 Å². The van der Waals surface area contributed by atoms with E-state index in [0.29, 0.717) is 11.5 Å². The van der Waals surface area contributed by atoms with E-state index in [1.165, 1.54) is 5.56 Å². The molecule has 0 saturated heterocycles. The molecule has 0 aliphatic rings. The van der Waals surface area contributed by atoms with Crippen LogP contribution < -0.4 is 4.74 Å². The lowest BCUT2D eigenvalue weighted by Crippen LogP contribution is -2.38. The molecule has 0 amide bonds. The van der Waals surface area contributed by atoms with E-state index in [2.05, 4.69) is 19.5 Å². The van der Waals surface area contributed by atoms with Crippen LogP contribution in [-0.2, 0) is 8.92 Å². The lowest BCUT2D eigenvalue weighted by molar-refractivity contribution is -0.122. The topological polar surface area (TPSA) is 27.7 Å². The van der Waals surface area contributed by atoms with Gasteiger partial charge in [-0.15, -0.1) is 0 Å². The van der Waals surface area contributed by atoms with Gasteiger partial charge in [-0.25, -0.2) is 0 Å². The highest BCUT2D eigenvalue weighted by molar-refractivity contribution is 7.75. The molecular formula is C13H18O3S. The predicted octanol–water partition coefficient (Wildman–Crippen LogP) is 3.50. The lowest BCUT2D eigenvalue weighted by Gasteiger charge is -2.27. The van der Waals surface area contributed by atoms with Gasteiger partial charge in [0.05, 0.1) is 5.76 Å². The van der Waals surface area contributed by atoms with Crippen molar-refractivity contribution in [2.75, 3.05) is 6.61 Å². The van der Waals surface area contributed by atoms with Crippen LogP contribution in [0.15, 0.2) is 36.6 Å². The van der Waals surface area contributed by atoms with Crippen molar-refractivity contribution in [1.82, 2.24) is 0 Å². The Morgan fingerprint density at radius 3 is 2.41 bits per heavy atom. The number of thiol groups is 1. The molecule has 0 aliphatic heterocycles. The van der Waals surface area contributed by atoms with Crippen molar-refractivity contribution in [1.29, 1.82) is 0 Å². The van der Waals surface area contributed by atoms with E-state index in [1.807, 2.05) is 31.2 Å². The molecular weight excluding hydrogens is 236 g/mol. The van der Waals surface area contributed by atoms with Gasteiger partial charge in [0.15, 0.2) is 6.61 Å². The monoisotopic (exact) mass is 254 g/mol. The normalized spacial score (nSPS) is 13.9. The molecule has 1 rings (SSSR count). The first-order valence-corrected chi connectivity index (χ1v) is 5.68. The van der Waals surface area contributed by atoms with Crippen molar-refractivity contribution in [2.24, 2.45) is 0 Å². The van der Waals surface area contributed by atoms with E-state index in [1.54, 1.807) is 13.8 Å². The van der Waals surface area contributed by atoms with Gasteiger partial charge in [0, 0.05) is 6.92 Å². The smallest absolute Gasteiger partial charge is 0.252 e. The molecule has 17 heavy (non-hydrogen) atoms. The van der Waals surface area contributed by atoms with Gasteiger partial charge >= 0.3 is 0 Å². The third kappa shape index (κ3) is 4.71. The number of allylic oxidation sites excluding steroid dienone is 1. The highest BCUT2D eigenvalue weighted by atomic mass is 32.1. The van der Waals surface area contributed by atoms with Crippen LogP contribution in [0.1, 0.15) is 19.4 Å². The molecule has 3 nitrogen and oxygen atoms in total. The predicted molar refractivity (Wildman–Crippen MR) is 71.0 cm³/mol. The van der Waals surface area contributed by atoms with Crippen LogP contribution in [-0.4, -0.2) is 12.4 Å². The SMILES string of the molecule is C=C(C)OCC(C)(OS)Oc1ccc(C)cc1. The van der Waals surface area contributed by atoms with E-state index < -0.39 is 5.79 Å². The van der Waals surface area contributed by atoms with Crippen molar-refractivity contribution >= 4 is 12.9 Å². The van der Waals surface area contributed by atoms with Crippen molar-refractivity contribution in [3.05, 3.63) is 42.2 Å². The number of rotatable bonds is 6. The molecule has 0 bridgehead atoms. The van der Waals surface area contributed by atoms with Gasteiger partial charge < -0.3 is 9.47 Å². The Morgan fingerprint density at radius 1 is 1.35 bits per heavy atom. The van der Waals surface area contributed by atoms with Crippen LogP contribution in [0.4, 0.5) is 0 Å². The van der Waals surface area contributed by atoms with Gasteiger partial charge in [-0.05, 0) is 38.9 Å². The first-order chi connectivity index (χ1) is 7.95. The summed E-state index contributed by atoms with van der Waals surface area (Å²) >= 11 is 3.82. The van der Waals surface area contributed by atoms with E-state index in [0.717, 1.165) is 0 Å². The number of aryl methyl sites for hydroxylation is 1. The van der Waals surface area contributed by atoms with Gasteiger partial charge in [0.1, 0.15) is 5.75 Å². The Kier molecular flexibility index (Phi) is 4.90. The second-order valence-corrected chi connectivity index (χ2v) is 4.31. The van der Waals surface area contributed by atoms with Gasteiger partial charge in [-0.3, -0.25) is 4.18 Å². The molecule has 0 saturated carbocycles. The Bertz CT molecular complexity index is 375. The summed E-state index contributed by atoms with van der Waals surface area (Å²) in [6, 6.07) is 7.68. The fourth-order valence-electron chi connectivity index (χ4n) is 1.18. The summed E-state index contributed by atoms with van der Waals surface area (Å²) in [5.41, 5.74) is 1.17. The van der Waals surface area contributed by atoms with Gasteiger partial charge in [0.2, 0.25) is 0 Å². The maximum atomic E-state index is 5.69. The fourth-order valence-corrected chi connectivity index (χ4v) is 1.27. The first-order valence-electron chi connectivity index (χ1n) is 5.32. The molecule has 1 aromatic rings. The second-order valence-electron chi connectivity index (χ2n) is 4.13. The summed E-state index contributed by atoms with van der Waals surface area (Å²) in [4.78, 5) is 0. The van der Waals surface area contributed by atoms with Gasteiger partial charge in [-0.2, -0.15) is 0 Å². The molecule has 0 fully saturated rings. The standard InChI is InChI=1S/C13H18O3S/c1-10(2)14-9-13(4,16-17)15-12-7-5-11(3)6-8-12/h5-8,17H,1,9H2,2-4H3. The molecule has 94 valence electrons. The Hall–Kier alpha value is -1.13. The molecule has 0 N–H and O–H groups in total. The summed E-state index contributed by atoms with van der Waals surface area (Å²) in [7, 11) is 0. The summed E-state index contributed by atoms with van der Waals surface area (Å²) in [5, 5.41) is 0. The summed E-state index contributed by atoms with van der Waals surface area (Å²) in [5.74, 6) is 0.365. The Balaban J connectivity index is 2.67. The lowest BCUT2D eigenvalue weighted by atomic mass is 10.2. The highest BCUT2D eigenvalue weighted by Gasteiger charge is 2.28. The average molecular weight is 254 g/mol. The number of hydrogen-bond donors (Lipinski definition) is 1. The Labute approximate surface area is 108 Å². The van der Waals surface area contributed by atoms with Crippen LogP contribution in [0.5, 0.6) is 5.75 Å². The van der Waals surface area contributed by atoms with E-state index >= 15 is 0 Å². The van der Waals surface area contributed by atoms with E-state index in [4.69, 9.17) is 13.7 Å². The van der Waals surface area contributed by atoms with E-state index in [-0.39, 0.29) is 6.61 Å². The maximum absolute atomic E-state index is 5.69. The average Bonchev–Trinajstić information content (AvgIpc) is 2.30. The van der Waals surface area contributed by atoms with Gasteiger partial charge in [0.25, 0.3) is 5.79 Å². The Morgan fingerprint density at radius 2 is 1.94 bits per heavy atom. The minimum atomic E-state index is -0.947. The summed E-state index contributed by atoms with van der Waals surface area (Å²) < 4.78 is 16.0. The van der Waals surface area contributed by atoms with Crippen LogP contribution in [0, 0.1) is 6.92 Å². The van der Waals surface area contributed by atoms with E-state index in [9.17, 15) is 0 Å². The van der Waals surface area contributed by atoms with Crippen molar-refractivity contribution in [2.45, 2.75) is 26.6 Å². The molecule has 0 radical (unpaired) electrons. The number of hydrogen-bond acceptors (Lipinski definition) is 4. The van der Waals surface area contributed by atoms with Crippen molar-refractivity contribution < 1.29 is 13.7 Å². The molecule has 0 aliphatic carbocycles. The largest absolute Gasteiger partial charge is 0.492 e. The molecule has 0 aromatic heterocycles. The first kappa shape index (κ1) is 13.9. The minimum absolute atomic E-state index is 0.222. The fraction of sp³-hybridized carbons (Fsp3) is 0.385. The van der Waals surface area contributed by atoms with Crippen molar-refractivity contribution in [3.63, 3.8) is 0 Å². The zero-order chi connectivity index (χ0) is 12.9. The number of benzene rings is 1. The zero-order valence-corrected chi connectivity index (χ0v) is 11.3. The maximum Gasteiger partial charge on any atom is 0.252 e. The quantitative estimate of drug-likeness (QED) is 0.364.